The summed E-state index contributed by atoms with van der Waals surface area (Å²) in [5.74, 6) is 1.19. The van der Waals surface area contributed by atoms with Crippen molar-refractivity contribution in [2.75, 3.05) is 7.11 Å². The molecule has 1 aromatic carbocycles. The Morgan fingerprint density at radius 1 is 1.33 bits per heavy atom. The van der Waals surface area contributed by atoms with Crippen molar-refractivity contribution < 1.29 is 13.9 Å². The van der Waals surface area contributed by atoms with Gasteiger partial charge in [-0.05, 0) is 31.5 Å². The van der Waals surface area contributed by atoms with Crippen LogP contribution in [0.15, 0.2) is 39.3 Å². The van der Waals surface area contributed by atoms with Gasteiger partial charge in [0.15, 0.2) is 0 Å². The van der Waals surface area contributed by atoms with E-state index in [0.29, 0.717) is 24.1 Å². The van der Waals surface area contributed by atoms with E-state index in [2.05, 4.69) is 20.5 Å². The van der Waals surface area contributed by atoms with E-state index in [9.17, 15) is 4.79 Å². The zero-order valence-electron chi connectivity index (χ0n) is 15.3. The molecule has 0 saturated heterocycles. The van der Waals surface area contributed by atoms with E-state index in [1.54, 1.807) is 18.4 Å². The molecule has 7 nitrogen and oxygen atoms in total. The summed E-state index contributed by atoms with van der Waals surface area (Å²) in [6.07, 6.45) is 0.496. The van der Waals surface area contributed by atoms with Crippen LogP contribution < -0.4 is 10.1 Å². The number of aromatic nitrogens is 3. The fourth-order valence-corrected chi connectivity index (χ4v) is 3.62. The largest absolute Gasteiger partial charge is 0.497 e. The summed E-state index contributed by atoms with van der Waals surface area (Å²) in [4.78, 5) is 16.7. The third-order valence-corrected chi connectivity index (χ3v) is 5.48. The summed E-state index contributed by atoms with van der Waals surface area (Å²) in [7, 11) is 1.62. The Kier molecular flexibility index (Phi) is 6.46. The van der Waals surface area contributed by atoms with E-state index < -0.39 is 0 Å². The molecule has 0 aliphatic carbocycles. The van der Waals surface area contributed by atoms with Crippen molar-refractivity contribution in [1.82, 2.24) is 20.5 Å². The molecule has 0 aliphatic rings. The minimum atomic E-state index is -0.349. The first-order valence-corrected chi connectivity index (χ1v) is 10.1. The van der Waals surface area contributed by atoms with Crippen molar-refractivity contribution >= 4 is 29.0 Å². The maximum Gasteiger partial charge on any atom is 0.277 e. The van der Waals surface area contributed by atoms with Crippen LogP contribution in [0, 0.1) is 6.92 Å². The molecule has 27 heavy (non-hydrogen) atoms. The number of carbonyl (C=O) groups is 1. The smallest absolute Gasteiger partial charge is 0.277 e. The predicted octanol–water partition coefficient (Wildman–Crippen LogP) is 3.23. The Hall–Kier alpha value is -2.39. The van der Waals surface area contributed by atoms with E-state index in [4.69, 9.17) is 9.15 Å². The molecule has 3 rings (SSSR count). The lowest BCUT2D eigenvalue weighted by atomic mass is 10.2. The molecule has 1 N–H and O–H groups in total. The molecule has 9 heteroatoms. The van der Waals surface area contributed by atoms with Crippen LogP contribution >= 0.6 is 23.1 Å². The van der Waals surface area contributed by atoms with Gasteiger partial charge in [-0.2, -0.15) is 0 Å². The fourth-order valence-electron chi connectivity index (χ4n) is 2.28. The number of aryl methyl sites for hydroxylation is 1. The van der Waals surface area contributed by atoms with Crippen LogP contribution in [-0.4, -0.2) is 33.4 Å². The van der Waals surface area contributed by atoms with Crippen molar-refractivity contribution in [3.05, 3.63) is 51.8 Å². The molecule has 0 unspecified atom stereocenters. The van der Waals surface area contributed by atoms with Gasteiger partial charge in [-0.15, -0.1) is 21.5 Å². The number of benzene rings is 1. The van der Waals surface area contributed by atoms with Gasteiger partial charge >= 0.3 is 0 Å². The molecule has 0 aliphatic heterocycles. The number of thioether (sulfide) groups is 1. The van der Waals surface area contributed by atoms with Gasteiger partial charge in [-0.3, -0.25) is 4.79 Å². The summed E-state index contributed by atoms with van der Waals surface area (Å²) in [5, 5.41) is 13.9. The summed E-state index contributed by atoms with van der Waals surface area (Å²) in [5.41, 5.74) is 1.91. The highest BCUT2D eigenvalue weighted by Crippen LogP contribution is 2.23. The minimum Gasteiger partial charge on any atom is -0.497 e. The molecule has 2 aromatic heterocycles. The molecule has 2 heterocycles. The van der Waals surface area contributed by atoms with Crippen molar-refractivity contribution in [3.63, 3.8) is 0 Å². The predicted molar refractivity (Wildman–Crippen MR) is 104 cm³/mol. The summed E-state index contributed by atoms with van der Waals surface area (Å²) >= 11 is 2.82. The number of nitrogens with one attached hydrogen (secondary N) is 1. The van der Waals surface area contributed by atoms with Crippen molar-refractivity contribution in [2.45, 2.75) is 37.3 Å². The second-order valence-electron chi connectivity index (χ2n) is 5.82. The van der Waals surface area contributed by atoms with Gasteiger partial charge < -0.3 is 14.5 Å². The molecule has 142 valence electrons. The molecule has 1 amide bonds. The number of hydrogen-bond acceptors (Lipinski definition) is 8. The number of carbonyl (C=O) groups excluding carboxylic acids is 1. The maximum absolute atomic E-state index is 12.3. The molecule has 1 atom stereocenters. The zero-order chi connectivity index (χ0) is 19.2. The minimum absolute atomic E-state index is 0.0919. The Balaban J connectivity index is 1.48. The highest BCUT2D eigenvalue weighted by Gasteiger charge is 2.18. The van der Waals surface area contributed by atoms with E-state index >= 15 is 0 Å². The van der Waals surface area contributed by atoms with Crippen LogP contribution in [-0.2, 0) is 17.8 Å². The van der Waals surface area contributed by atoms with Crippen LogP contribution in [0.4, 0.5) is 0 Å². The Morgan fingerprint density at radius 3 is 2.78 bits per heavy atom. The van der Waals surface area contributed by atoms with Crippen molar-refractivity contribution in [1.29, 1.82) is 0 Å². The highest BCUT2D eigenvalue weighted by molar-refractivity contribution is 8.00. The first-order chi connectivity index (χ1) is 13.0. The van der Waals surface area contributed by atoms with Gasteiger partial charge in [0.2, 0.25) is 11.8 Å². The Labute approximate surface area is 165 Å². The van der Waals surface area contributed by atoms with E-state index in [1.807, 2.05) is 43.5 Å². The van der Waals surface area contributed by atoms with Crippen molar-refractivity contribution in [2.24, 2.45) is 0 Å². The monoisotopic (exact) mass is 404 g/mol. The van der Waals surface area contributed by atoms with Gasteiger partial charge in [-0.25, -0.2) is 4.98 Å². The number of nitrogens with zero attached hydrogens (tertiary/aromatic N) is 3. The van der Waals surface area contributed by atoms with Crippen molar-refractivity contribution in [3.8, 4) is 5.75 Å². The van der Waals surface area contributed by atoms with Crippen LogP contribution in [0.3, 0.4) is 0 Å². The number of ether oxygens (including phenoxy) is 1. The fraction of sp³-hybridized carbons (Fsp3) is 0.333. The number of thiazole rings is 1. The molecule has 0 saturated carbocycles. The number of rotatable bonds is 8. The third-order valence-electron chi connectivity index (χ3n) is 3.72. The zero-order valence-corrected chi connectivity index (χ0v) is 16.9. The van der Waals surface area contributed by atoms with Crippen LogP contribution in [0.25, 0.3) is 0 Å². The first kappa shape index (κ1) is 19.4. The number of hydrogen-bond donors (Lipinski definition) is 1. The first-order valence-electron chi connectivity index (χ1n) is 8.34. The van der Waals surface area contributed by atoms with Gasteiger partial charge in [0.25, 0.3) is 5.22 Å². The second-order valence-corrected chi connectivity index (χ2v) is 8.18. The third kappa shape index (κ3) is 5.54. The molecule has 3 aromatic rings. The van der Waals surface area contributed by atoms with Gasteiger partial charge in [0, 0.05) is 11.9 Å². The molecular weight excluding hydrogens is 384 g/mol. The lowest BCUT2D eigenvalue weighted by Gasteiger charge is -2.10. The molecule has 0 bridgehead atoms. The van der Waals surface area contributed by atoms with E-state index in [-0.39, 0.29) is 11.2 Å². The quantitative estimate of drug-likeness (QED) is 0.577. The van der Waals surface area contributed by atoms with Gasteiger partial charge in [0.05, 0.1) is 29.5 Å². The standard InChI is InChI=1S/C18H20N4O3S2/c1-11(17(23)19-9-13-4-6-15(24-3)7-5-13)27-18-22-21-16(25-18)8-14-10-26-12(2)20-14/h4-7,10-11H,8-9H2,1-3H3,(H,19,23)/t11-/m0/s1. The van der Waals surface area contributed by atoms with Gasteiger partial charge in [-0.1, -0.05) is 23.9 Å². The van der Waals surface area contributed by atoms with E-state index in [0.717, 1.165) is 22.0 Å². The topological polar surface area (TPSA) is 90.1 Å². The summed E-state index contributed by atoms with van der Waals surface area (Å²) < 4.78 is 10.7. The Bertz CT molecular complexity index is 892. The Morgan fingerprint density at radius 2 is 2.11 bits per heavy atom. The molecule has 0 spiro atoms. The number of methoxy groups -OCH3 is 1. The normalized spacial score (nSPS) is 12.0. The molecule has 0 fully saturated rings. The van der Waals surface area contributed by atoms with E-state index in [1.165, 1.54) is 11.8 Å². The van der Waals surface area contributed by atoms with Gasteiger partial charge in [0.1, 0.15) is 5.75 Å². The molecular formula is C18H20N4O3S2. The summed E-state index contributed by atoms with van der Waals surface area (Å²) in [6.45, 7) is 4.21. The lowest BCUT2D eigenvalue weighted by molar-refractivity contribution is -0.120. The average Bonchev–Trinajstić information content (AvgIpc) is 3.29. The lowest BCUT2D eigenvalue weighted by Crippen LogP contribution is -2.30. The highest BCUT2D eigenvalue weighted by atomic mass is 32.2. The number of amides is 1. The average molecular weight is 405 g/mol. The molecule has 0 radical (unpaired) electrons. The summed E-state index contributed by atoms with van der Waals surface area (Å²) in [6, 6.07) is 7.57. The van der Waals surface area contributed by atoms with Crippen LogP contribution in [0.5, 0.6) is 5.75 Å². The second kappa shape index (κ2) is 9.01. The SMILES string of the molecule is COc1ccc(CNC(=O)[C@H](C)Sc2nnc(Cc3csc(C)n3)o2)cc1. The maximum atomic E-state index is 12.3. The van der Waals surface area contributed by atoms with Crippen LogP contribution in [0.2, 0.25) is 0 Å². The van der Waals surface area contributed by atoms with Crippen LogP contribution in [0.1, 0.15) is 29.1 Å².